The fourth-order valence-corrected chi connectivity index (χ4v) is 3.18. The van der Waals surface area contributed by atoms with Crippen LogP contribution < -0.4 is 15.8 Å². The van der Waals surface area contributed by atoms with Crippen LogP contribution in [0.4, 0.5) is 0 Å². The molecular formula is C20H32ClN3O4. The quantitative estimate of drug-likeness (QED) is 0.676. The maximum atomic E-state index is 12.7. The zero-order valence-corrected chi connectivity index (χ0v) is 18.1. The van der Waals surface area contributed by atoms with Gasteiger partial charge in [0.15, 0.2) is 6.61 Å². The highest BCUT2D eigenvalue weighted by Gasteiger charge is 2.62. The smallest absolute Gasteiger partial charge is 0.259 e. The number of hydrogen-bond acceptors (Lipinski definition) is 5. The third-order valence-electron chi connectivity index (χ3n) is 5.45. The SMILES string of the molecule is CCOC1CC(N)(C(=O)NCc2cccc(OCC(=O)N(C)C)c2)C1(C)C.Cl. The molecule has 2 rings (SSSR count). The number of likely N-dealkylation sites (N-methyl/N-ethyl adjacent to an activating group) is 1. The lowest BCUT2D eigenvalue weighted by molar-refractivity contribution is -0.170. The molecule has 0 spiro atoms. The summed E-state index contributed by atoms with van der Waals surface area (Å²) in [6, 6.07) is 7.30. The van der Waals surface area contributed by atoms with Gasteiger partial charge in [0.05, 0.1) is 6.10 Å². The number of nitrogens with two attached hydrogens (primary N) is 1. The summed E-state index contributed by atoms with van der Waals surface area (Å²) in [5.41, 5.74) is 5.89. The molecule has 1 aromatic carbocycles. The fourth-order valence-electron chi connectivity index (χ4n) is 3.18. The second-order valence-electron chi connectivity index (χ2n) is 7.75. The normalized spacial score (nSPS) is 22.4. The predicted molar refractivity (Wildman–Crippen MR) is 110 cm³/mol. The molecule has 1 aromatic rings. The van der Waals surface area contributed by atoms with Crippen LogP contribution in [0.15, 0.2) is 24.3 Å². The largest absolute Gasteiger partial charge is 0.484 e. The van der Waals surface area contributed by atoms with Crippen molar-refractivity contribution in [3.8, 4) is 5.75 Å². The monoisotopic (exact) mass is 413 g/mol. The van der Waals surface area contributed by atoms with Crippen molar-refractivity contribution < 1.29 is 19.1 Å². The molecular weight excluding hydrogens is 382 g/mol. The van der Waals surface area contributed by atoms with Gasteiger partial charge >= 0.3 is 0 Å². The van der Waals surface area contributed by atoms with E-state index in [4.69, 9.17) is 15.2 Å². The van der Waals surface area contributed by atoms with E-state index < -0.39 is 11.0 Å². The van der Waals surface area contributed by atoms with Crippen LogP contribution in [0.25, 0.3) is 0 Å². The van der Waals surface area contributed by atoms with E-state index in [2.05, 4.69) is 5.32 Å². The number of hydrogen-bond donors (Lipinski definition) is 2. The molecule has 1 aliphatic rings. The summed E-state index contributed by atoms with van der Waals surface area (Å²) < 4.78 is 11.2. The Morgan fingerprint density at radius 1 is 1.32 bits per heavy atom. The summed E-state index contributed by atoms with van der Waals surface area (Å²) >= 11 is 0. The zero-order chi connectivity index (χ0) is 20.2. The van der Waals surface area contributed by atoms with Gasteiger partial charge in [0.25, 0.3) is 5.91 Å². The molecule has 2 amide bonds. The van der Waals surface area contributed by atoms with Gasteiger partial charge in [-0.25, -0.2) is 0 Å². The van der Waals surface area contributed by atoms with Crippen LogP contribution >= 0.6 is 12.4 Å². The number of amides is 2. The maximum Gasteiger partial charge on any atom is 0.259 e. The first kappa shape index (κ1) is 24.2. The molecule has 0 heterocycles. The molecule has 0 bridgehead atoms. The molecule has 0 saturated heterocycles. The molecule has 2 unspecified atom stereocenters. The summed E-state index contributed by atoms with van der Waals surface area (Å²) in [6.07, 6.45) is 0.499. The molecule has 7 nitrogen and oxygen atoms in total. The maximum absolute atomic E-state index is 12.7. The Hall–Kier alpha value is -1.83. The van der Waals surface area contributed by atoms with Gasteiger partial charge in [-0.1, -0.05) is 26.0 Å². The number of ether oxygens (including phenoxy) is 2. The number of rotatable bonds is 8. The van der Waals surface area contributed by atoms with Crippen molar-refractivity contribution in [2.24, 2.45) is 11.1 Å². The van der Waals surface area contributed by atoms with Crippen molar-refractivity contribution in [3.63, 3.8) is 0 Å². The van der Waals surface area contributed by atoms with E-state index in [1.54, 1.807) is 26.2 Å². The standard InChI is InChI=1S/C20H31N3O4.ClH/c1-6-26-16-11-20(21,19(16,2)3)18(25)22-12-14-8-7-9-15(10-14)27-13-17(24)23(4)5;/h7-10,16H,6,11-13,21H2,1-5H3,(H,22,25);1H. The van der Waals surface area contributed by atoms with Gasteiger partial charge in [-0.05, 0) is 24.6 Å². The highest BCUT2D eigenvalue weighted by atomic mass is 35.5. The van der Waals surface area contributed by atoms with Gasteiger partial charge in [0.2, 0.25) is 5.91 Å². The van der Waals surface area contributed by atoms with Crippen LogP contribution in [0, 0.1) is 5.41 Å². The van der Waals surface area contributed by atoms with Gasteiger partial charge in [0, 0.05) is 39.1 Å². The lowest BCUT2D eigenvalue weighted by Gasteiger charge is -2.57. The summed E-state index contributed by atoms with van der Waals surface area (Å²) in [4.78, 5) is 25.8. The van der Waals surface area contributed by atoms with Crippen molar-refractivity contribution in [2.45, 2.75) is 45.4 Å². The van der Waals surface area contributed by atoms with Crippen LogP contribution in [0.5, 0.6) is 5.75 Å². The van der Waals surface area contributed by atoms with Crippen molar-refractivity contribution in [2.75, 3.05) is 27.3 Å². The molecule has 0 radical (unpaired) electrons. The molecule has 158 valence electrons. The highest BCUT2D eigenvalue weighted by molar-refractivity contribution is 5.88. The Morgan fingerprint density at radius 2 is 2.00 bits per heavy atom. The molecule has 1 aliphatic carbocycles. The van der Waals surface area contributed by atoms with Gasteiger partial charge in [0.1, 0.15) is 11.3 Å². The van der Waals surface area contributed by atoms with Gasteiger partial charge in [-0.3, -0.25) is 9.59 Å². The van der Waals surface area contributed by atoms with E-state index in [1.807, 2.05) is 32.9 Å². The first-order valence-electron chi connectivity index (χ1n) is 9.22. The van der Waals surface area contributed by atoms with Crippen molar-refractivity contribution in [1.82, 2.24) is 10.2 Å². The molecule has 0 aliphatic heterocycles. The average Bonchev–Trinajstić information content (AvgIpc) is 2.63. The summed E-state index contributed by atoms with van der Waals surface area (Å²) in [6.45, 7) is 6.79. The number of nitrogens with zero attached hydrogens (tertiary/aromatic N) is 1. The van der Waals surface area contributed by atoms with Crippen LogP contribution in [0.1, 0.15) is 32.8 Å². The molecule has 3 N–H and O–H groups in total. The van der Waals surface area contributed by atoms with E-state index in [9.17, 15) is 9.59 Å². The van der Waals surface area contributed by atoms with Crippen LogP contribution in [-0.4, -0.2) is 55.7 Å². The van der Waals surface area contributed by atoms with Crippen molar-refractivity contribution in [1.29, 1.82) is 0 Å². The number of carbonyl (C=O) groups is 2. The van der Waals surface area contributed by atoms with Gasteiger partial charge in [-0.2, -0.15) is 0 Å². The summed E-state index contributed by atoms with van der Waals surface area (Å²) in [5.74, 6) is 0.284. The number of carbonyl (C=O) groups excluding carboxylic acids is 2. The second kappa shape index (κ2) is 9.58. The van der Waals surface area contributed by atoms with E-state index in [0.29, 0.717) is 25.3 Å². The Kier molecular flexibility index (Phi) is 8.29. The van der Waals surface area contributed by atoms with Crippen molar-refractivity contribution >= 4 is 24.2 Å². The number of nitrogens with one attached hydrogen (secondary N) is 1. The Balaban J connectivity index is 0.00000392. The molecule has 1 saturated carbocycles. The predicted octanol–water partition coefficient (Wildman–Crippen LogP) is 1.72. The minimum absolute atomic E-state index is 0. The van der Waals surface area contributed by atoms with Crippen LogP contribution in [0.3, 0.4) is 0 Å². The fraction of sp³-hybridized carbons (Fsp3) is 0.600. The molecule has 1 fully saturated rings. The third-order valence-corrected chi connectivity index (χ3v) is 5.45. The zero-order valence-electron chi connectivity index (χ0n) is 17.3. The lowest BCUT2D eigenvalue weighted by atomic mass is 9.54. The van der Waals surface area contributed by atoms with Gasteiger partial charge in [-0.15, -0.1) is 12.4 Å². The molecule has 28 heavy (non-hydrogen) atoms. The number of benzene rings is 1. The highest BCUT2D eigenvalue weighted by Crippen LogP contribution is 2.49. The summed E-state index contributed by atoms with van der Waals surface area (Å²) in [5, 5.41) is 2.92. The van der Waals surface area contributed by atoms with Crippen LogP contribution in [-0.2, 0) is 20.9 Å². The molecule has 0 aromatic heterocycles. The van der Waals surface area contributed by atoms with Gasteiger partial charge < -0.3 is 25.4 Å². The Morgan fingerprint density at radius 3 is 2.57 bits per heavy atom. The summed E-state index contributed by atoms with van der Waals surface area (Å²) in [7, 11) is 3.36. The third kappa shape index (κ3) is 4.96. The molecule has 2 atom stereocenters. The first-order valence-corrected chi connectivity index (χ1v) is 9.22. The minimum atomic E-state index is -0.945. The second-order valence-corrected chi connectivity index (χ2v) is 7.75. The minimum Gasteiger partial charge on any atom is -0.484 e. The van der Waals surface area contributed by atoms with Crippen LogP contribution in [0.2, 0.25) is 0 Å². The van der Waals surface area contributed by atoms with E-state index in [1.165, 1.54) is 4.90 Å². The average molecular weight is 414 g/mol. The van der Waals surface area contributed by atoms with E-state index >= 15 is 0 Å². The van der Waals surface area contributed by atoms with Crippen molar-refractivity contribution in [3.05, 3.63) is 29.8 Å². The number of halogens is 1. The molecule has 8 heteroatoms. The van der Waals surface area contributed by atoms with E-state index in [-0.39, 0.29) is 36.9 Å². The van der Waals surface area contributed by atoms with E-state index in [0.717, 1.165) is 5.56 Å². The lowest BCUT2D eigenvalue weighted by Crippen LogP contribution is -2.75. The first-order chi connectivity index (χ1) is 12.6. The Labute approximate surface area is 173 Å². The Bertz CT molecular complexity index is 696. The topological polar surface area (TPSA) is 93.9 Å².